The summed E-state index contributed by atoms with van der Waals surface area (Å²) in [7, 11) is 1.63. The van der Waals surface area contributed by atoms with E-state index < -0.39 is 0 Å². The predicted octanol–water partition coefficient (Wildman–Crippen LogP) is 2.88. The molecule has 0 radical (unpaired) electrons. The lowest BCUT2D eigenvalue weighted by molar-refractivity contribution is 0.414. The number of halogens is 1. The van der Waals surface area contributed by atoms with E-state index in [-0.39, 0.29) is 11.9 Å². The van der Waals surface area contributed by atoms with E-state index in [0.717, 1.165) is 22.6 Å². The van der Waals surface area contributed by atoms with Gasteiger partial charge >= 0.3 is 0 Å². The Labute approximate surface area is 137 Å². The number of nitrogens with one attached hydrogen (secondary N) is 1. The Bertz CT molecular complexity index is 903. The number of fused-ring (bicyclic) bond motifs is 1. The Kier molecular flexibility index (Phi) is 3.45. The van der Waals surface area contributed by atoms with Gasteiger partial charge in [-0.3, -0.25) is 0 Å². The van der Waals surface area contributed by atoms with Crippen molar-refractivity contribution in [2.24, 2.45) is 0 Å². The van der Waals surface area contributed by atoms with E-state index in [1.807, 2.05) is 30.3 Å². The summed E-state index contributed by atoms with van der Waals surface area (Å²) in [5.74, 6) is 1.02. The monoisotopic (exact) mass is 323 g/mol. The number of ether oxygens (including phenoxy) is 1. The zero-order chi connectivity index (χ0) is 16.5. The van der Waals surface area contributed by atoms with Gasteiger partial charge in [0.05, 0.1) is 7.11 Å². The summed E-state index contributed by atoms with van der Waals surface area (Å²) in [5, 5.41) is 15.0. The number of rotatable bonds is 3. The van der Waals surface area contributed by atoms with Gasteiger partial charge in [0.1, 0.15) is 17.6 Å². The van der Waals surface area contributed by atoms with Crippen molar-refractivity contribution >= 4 is 11.6 Å². The Morgan fingerprint density at radius 3 is 2.79 bits per heavy atom. The van der Waals surface area contributed by atoms with Crippen LogP contribution in [0.2, 0.25) is 0 Å². The summed E-state index contributed by atoms with van der Waals surface area (Å²) in [6.07, 6.45) is 2.01. The zero-order valence-electron chi connectivity index (χ0n) is 12.8. The largest absolute Gasteiger partial charge is 0.497 e. The Balaban J connectivity index is 1.79. The first-order valence-corrected chi connectivity index (χ1v) is 7.41. The number of nitrogens with zero attached hydrogens (tertiary/aromatic N) is 4. The molecular weight excluding hydrogens is 309 g/mol. The molecule has 0 spiro atoms. The Hall–Kier alpha value is -3.22. The maximum absolute atomic E-state index is 13.2. The fourth-order valence-electron chi connectivity index (χ4n) is 2.71. The van der Waals surface area contributed by atoms with Crippen LogP contribution in [0.4, 0.5) is 10.3 Å². The van der Waals surface area contributed by atoms with Crippen molar-refractivity contribution in [1.29, 1.82) is 0 Å². The normalized spacial score (nSPS) is 16.1. The molecule has 1 N–H and O–H groups in total. The van der Waals surface area contributed by atoms with Crippen molar-refractivity contribution in [2.45, 2.75) is 6.04 Å². The second kappa shape index (κ2) is 5.77. The molecule has 2 aromatic carbocycles. The number of hydrogen-bond acceptors (Lipinski definition) is 5. The SMILES string of the molecule is COc1cccc(C2=C[C@H](c3ccc(F)cc3)n3nnnc3N2)c1. The van der Waals surface area contributed by atoms with E-state index in [0.29, 0.717) is 5.95 Å². The van der Waals surface area contributed by atoms with E-state index in [4.69, 9.17) is 4.74 Å². The highest BCUT2D eigenvalue weighted by Gasteiger charge is 2.24. The second-order valence-corrected chi connectivity index (χ2v) is 5.38. The lowest BCUT2D eigenvalue weighted by atomic mass is 10.0. The van der Waals surface area contributed by atoms with Crippen LogP contribution in [0, 0.1) is 5.82 Å². The Morgan fingerprint density at radius 2 is 2.00 bits per heavy atom. The van der Waals surface area contributed by atoms with Gasteiger partial charge in [0.2, 0.25) is 5.95 Å². The van der Waals surface area contributed by atoms with Crippen molar-refractivity contribution in [1.82, 2.24) is 20.2 Å². The number of tetrazole rings is 1. The standard InChI is InChI=1S/C17H14FN5O/c1-24-14-4-2-3-12(9-14)15-10-16(11-5-7-13(18)8-6-11)23-17(19-15)20-21-22-23/h2-10,16H,1H3,(H,19,20,22)/t16-/m1/s1. The molecule has 6 nitrogen and oxygen atoms in total. The second-order valence-electron chi connectivity index (χ2n) is 5.38. The van der Waals surface area contributed by atoms with E-state index >= 15 is 0 Å². The van der Waals surface area contributed by atoms with Gasteiger partial charge in [0.15, 0.2) is 0 Å². The molecular formula is C17H14FN5O. The summed E-state index contributed by atoms with van der Waals surface area (Å²) in [6, 6.07) is 13.8. The van der Waals surface area contributed by atoms with Gasteiger partial charge in [0, 0.05) is 11.3 Å². The third-order valence-corrected chi connectivity index (χ3v) is 3.92. The first-order chi connectivity index (χ1) is 11.7. The van der Waals surface area contributed by atoms with E-state index in [1.165, 1.54) is 12.1 Å². The van der Waals surface area contributed by atoms with Gasteiger partial charge < -0.3 is 10.1 Å². The molecule has 0 saturated heterocycles. The molecule has 1 aliphatic heterocycles. The van der Waals surface area contributed by atoms with Crippen molar-refractivity contribution < 1.29 is 9.13 Å². The number of benzene rings is 2. The van der Waals surface area contributed by atoms with Crippen LogP contribution in [0.1, 0.15) is 17.2 Å². The van der Waals surface area contributed by atoms with Gasteiger partial charge in [-0.25, -0.2) is 4.39 Å². The van der Waals surface area contributed by atoms with Gasteiger partial charge in [-0.05, 0) is 46.3 Å². The molecule has 1 atom stereocenters. The van der Waals surface area contributed by atoms with Gasteiger partial charge in [0.25, 0.3) is 0 Å². The van der Waals surface area contributed by atoms with E-state index in [9.17, 15) is 4.39 Å². The molecule has 7 heteroatoms. The smallest absolute Gasteiger partial charge is 0.248 e. The van der Waals surface area contributed by atoms with Crippen molar-refractivity contribution in [3.63, 3.8) is 0 Å². The summed E-state index contributed by atoms with van der Waals surface area (Å²) in [5.41, 5.74) is 2.72. The number of hydrogen-bond donors (Lipinski definition) is 1. The van der Waals surface area contributed by atoms with Crippen molar-refractivity contribution in [3.8, 4) is 5.75 Å². The van der Waals surface area contributed by atoms with Crippen LogP contribution in [0.25, 0.3) is 5.70 Å². The number of allylic oxidation sites excluding steroid dienone is 1. The molecule has 24 heavy (non-hydrogen) atoms. The Morgan fingerprint density at radius 1 is 1.17 bits per heavy atom. The maximum Gasteiger partial charge on any atom is 0.248 e. The molecule has 1 aromatic heterocycles. The van der Waals surface area contributed by atoms with Crippen LogP contribution >= 0.6 is 0 Å². The van der Waals surface area contributed by atoms with Crippen LogP contribution in [0.15, 0.2) is 54.6 Å². The van der Waals surface area contributed by atoms with Crippen LogP contribution in [-0.2, 0) is 0 Å². The quantitative estimate of drug-likeness (QED) is 0.803. The number of anilines is 1. The molecule has 1 aliphatic rings. The minimum Gasteiger partial charge on any atom is -0.497 e. The average molecular weight is 323 g/mol. The first kappa shape index (κ1) is 14.4. The van der Waals surface area contributed by atoms with Crippen molar-refractivity contribution in [3.05, 3.63) is 71.6 Å². The highest BCUT2D eigenvalue weighted by atomic mass is 19.1. The summed E-state index contributed by atoms with van der Waals surface area (Å²) >= 11 is 0. The third kappa shape index (κ3) is 2.50. The topological polar surface area (TPSA) is 64.9 Å². The van der Waals surface area contributed by atoms with Crippen LogP contribution in [-0.4, -0.2) is 27.3 Å². The minimum absolute atomic E-state index is 0.224. The summed E-state index contributed by atoms with van der Waals surface area (Å²) < 4.78 is 20.2. The van der Waals surface area contributed by atoms with Gasteiger partial charge in [-0.15, -0.1) is 0 Å². The van der Waals surface area contributed by atoms with Crippen molar-refractivity contribution in [2.75, 3.05) is 12.4 Å². The van der Waals surface area contributed by atoms with E-state index in [1.54, 1.807) is 23.9 Å². The molecule has 4 rings (SSSR count). The predicted molar refractivity (Wildman–Crippen MR) is 86.9 cm³/mol. The first-order valence-electron chi connectivity index (χ1n) is 7.41. The summed E-state index contributed by atoms with van der Waals surface area (Å²) in [4.78, 5) is 0. The summed E-state index contributed by atoms with van der Waals surface area (Å²) in [6.45, 7) is 0. The fourth-order valence-corrected chi connectivity index (χ4v) is 2.71. The molecule has 0 amide bonds. The van der Waals surface area contributed by atoms with Gasteiger partial charge in [-0.1, -0.05) is 29.4 Å². The molecule has 0 unspecified atom stereocenters. The molecule has 0 bridgehead atoms. The molecule has 0 fully saturated rings. The molecule has 120 valence electrons. The highest BCUT2D eigenvalue weighted by molar-refractivity contribution is 5.77. The van der Waals surface area contributed by atoms with Gasteiger partial charge in [-0.2, -0.15) is 4.68 Å². The molecule has 0 saturated carbocycles. The van der Waals surface area contributed by atoms with Crippen LogP contribution in [0.5, 0.6) is 5.75 Å². The van der Waals surface area contributed by atoms with Crippen LogP contribution < -0.4 is 10.1 Å². The number of aromatic nitrogens is 4. The minimum atomic E-state index is -0.276. The van der Waals surface area contributed by atoms with E-state index in [2.05, 4.69) is 20.8 Å². The lowest BCUT2D eigenvalue weighted by Gasteiger charge is -2.23. The zero-order valence-corrected chi connectivity index (χ0v) is 12.8. The fraction of sp³-hybridized carbons (Fsp3) is 0.118. The molecule has 2 heterocycles. The lowest BCUT2D eigenvalue weighted by Crippen LogP contribution is -2.20. The maximum atomic E-state index is 13.2. The third-order valence-electron chi connectivity index (χ3n) is 3.92. The highest BCUT2D eigenvalue weighted by Crippen LogP contribution is 2.32. The number of methoxy groups -OCH3 is 1. The van der Waals surface area contributed by atoms with Crippen LogP contribution in [0.3, 0.4) is 0 Å². The average Bonchev–Trinajstić information content (AvgIpc) is 3.10. The molecule has 3 aromatic rings. The molecule has 0 aliphatic carbocycles.